The minimum Gasteiger partial charge on any atom is -0.497 e. The molecule has 0 aliphatic carbocycles. The Kier molecular flexibility index (Phi) is 7.10. The van der Waals surface area contributed by atoms with Gasteiger partial charge in [-0.25, -0.2) is 0 Å². The first-order valence-electron chi connectivity index (χ1n) is 11.1. The van der Waals surface area contributed by atoms with E-state index in [1.807, 2.05) is 24.3 Å². The Bertz CT molecular complexity index is 1270. The van der Waals surface area contributed by atoms with Gasteiger partial charge in [0.15, 0.2) is 0 Å². The number of hydrogen-bond donors (Lipinski definition) is 0. The molecule has 176 valence electrons. The van der Waals surface area contributed by atoms with Crippen molar-refractivity contribution in [2.24, 2.45) is 7.05 Å². The molecule has 2 aliphatic rings. The van der Waals surface area contributed by atoms with Crippen molar-refractivity contribution in [3.05, 3.63) is 61.8 Å². The Morgan fingerprint density at radius 2 is 1.85 bits per heavy atom. The predicted octanol–water partition coefficient (Wildman–Crippen LogP) is 3.97. The number of benzene rings is 1. The van der Waals surface area contributed by atoms with Crippen molar-refractivity contribution < 1.29 is 9.53 Å². The first kappa shape index (κ1) is 24.0. The lowest BCUT2D eigenvalue weighted by Gasteiger charge is -2.32. The average molecular weight is 495 g/mol. The van der Waals surface area contributed by atoms with Crippen molar-refractivity contribution in [2.45, 2.75) is 32.7 Å². The summed E-state index contributed by atoms with van der Waals surface area (Å²) in [6.07, 6.45) is 5.03. The fraction of sp³-hybridized carbons (Fsp3) is 0.360. The van der Waals surface area contributed by atoms with Crippen molar-refractivity contribution in [3.8, 4) is 11.8 Å². The van der Waals surface area contributed by atoms with Gasteiger partial charge in [0, 0.05) is 25.7 Å². The van der Waals surface area contributed by atoms with Gasteiger partial charge in [0.1, 0.15) is 27.5 Å². The summed E-state index contributed by atoms with van der Waals surface area (Å²) >= 11 is 6.78. The SMILES string of the molecule is COc1ccc(CN2C(=O)C(=Cc3c(C)c(C#N)c(=O)n(C)c3N3CCCCC3)SC2=S)cc1. The predicted molar refractivity (Wildman–Crippen MR) is 139 cm³/mol. The largest absolute Gasteiger partial charge is 0.497 e. The number of hydrogen-bond acceptors (Lipinski definition) is 7. The van der Waals surface area contributed by atoms with E-state index in [2.05, 4.69) is 11.0 Å². The zero-order valence-corrected chi connectivity index (χ0v) is 21.1. The summed E-state index contributed by atoms with van der Waals surface area (Å²) in [5.74, 6) is 1.32. The number of carbonyl (C=O) groups is 1. The van der Waals surface area contributed by atoms with Gasteiger partial charge in [-0.3, -0.25) is 19.1 Å². The van der Waals surface area contributed by atoms with Crippen LogP contribution in [-0.4, -0.2) is 39.9 Å². The molecule has 2 fully saturated rings. The fourth-order valence-corrected chi connectivity index (χ4v) is 5.62. The van der Waals surface area contributed by atoms with Crippen LogP contribution in [0.4, 0.5) is 5.82 Å². The number of anilines is 1. The molecule has 1 amide bonds. The summed E-state index contributed by atoms with van der Waals surface area (Å²) in [5, 5.41) is 9.64. The van der Waals surface area contributed by atoms with Crippen LogP contribution in [0.15, 0.2) is 34.0 Å². The van der Waals surface area contributed by atoms with Gasteiger partial charge in [0.05, 0.1) is 18.6 Å². The number of ether oxygens (including phenoxy) is 1. The lowest BCUT2D eigenvalue weighted by Crippen LogP contribution is -2.36. The Hall–Kier alpha value is -3.09. The van der Waals surface area contributed by atoms with E-state index in [1.165, 1.54) is 11.8 Å². The number of nitriles is 1. The third-order valence-corrected chi connectivity index (χ3v) is 7.65. The maximum Gasteiger partial charge on any atom is 0.270 e. The van der Waals surface area contributed by atoms with Gasteiger partial charge in [-0.2, -0.15) is 5.26 Å². The van der Waals surface area contributed by atoms with E-state index in [1.54, 1.807) is 36.6 Å². The maximum atomic E-state index is 13.3. The molecule has 1 aromatic carbocycles. The Labute approximate surface area is 208 Å². The number of amides is 1. The highest BCUT2D eigenvalue weighted by molar-refractivity contribution is 8.26. The summed E-state index contributed by atoms with van der Waals surface area (Å²) in [6, 6.07) is 9.57. The van der Waals surface area contributed by atoms with Gasteiger partial charge in [-0.15, -0.1) is 0 Å². The minimum absolute atomic E-state index is 0.100. The maximum absolute atomic E-state index is 13.3. The van der Waals surface area contributed by atoms with Crippen LogP contribution in [-0.2, 0) is 18.4 Å². The minimum atomic E-state index is -0.315. The molecule has 34 heavy (non-hydrogen) atoms. The molecule has 3 heterocycles. The molecule has 2 saturated heterocycles. The number of rotatable bonds is 5. The number of nitrogens with zero attached hydrogens (tertiary/aromatic N) is 4. The third-order valence-electron chi connectivity index (χ3n) is 6.27. The lowest BCUT2D eigenvalue weighted by molar-refractivity contribution is -0.122. The van der Waals surface area contributed by atoms with Crippen LogP contribution in [0.1, 0.15) is 41.5 Å². The molecule has 1 aromatic heterocycles. The highest BCUT2D eigenvalue weighted by Gasteiger charge is 2.33. The van der Waals surface area contributed by atoms with Crippen molar-refractivity contribution in [1.82, 2.24) is 9.47 Å². The second kappa shape index (κ2) is 10.0. The Morgan fingerprint density at radius 1 is 1.18 bits per heavy atom. The quantitative estimate of drug-likeness (QED) is 0.460. The standard InChI is InChI=1S/C25H26N4O3S2/c1-16-19(22(28-11-5-4-6-12-28)27(2)23(30)20(16)14-26)13-21-24(31)29(25(33)34-21)15-17-7-9-18(32-3)10-8-17/h7-10,13H,4-6,11-12,15H2,1-3H3. The van der Waals surface area contributed by atoms with Crippen LogP contribution in [0.3, 0.4) is 0 Å². The van der Waals surface area contributed by atoms with Crippen LogP contribution in [0.2, 0.25) is 0 Å². The smallest absolute Gasteiger partial charge is 0.270 e. The molecular weight excluding hydrogens is 468 g/mol. The third kappa shape index (κ3) is 4.48. The summed E-state index contributed by atoms with van der Waals surface area (Å²) in [5.41, 5.74) is 2.04. The summed E-state index contributed by atoms with van der Waals surface area (Å²) < 4.78 is 7.23. The van der Waals surface area contributed by atoms with E-state index in [0.29, 0.717) is 21.3 Å². The molecular formula is C25H26N4O3S2. The van der Waals surface area contributed by atoms with Crippen LogP contribution < -0.4 is 15.2 Å². The van der Waals surface area contributed by atoms with Crippen LogP contribution in [0.5, 0.6) is 5.75 Å². The summed E-state index contributed by atoms with van der Waals surface area (Å²) in [6.45, 7) is 3.80. The first-order chi connectivity index (χ1) is 16.3. The lowest BCUT2D eigenvalue weighted by atomic mass is 10.0. The summed E-state index contributed by atoms with van der Waals surface area (Å²) in [4.78, 5) is 30.5. The second-order valence-electron chi connectivity index (χ2n) is 8.38. The molecule has 0 radical (unpaired) electrons. The zero-order chi connectivity index (χ0) is 24.4. The van der Waals surface area contributed by atoms with E-state index in [-0.39, 0.29) is 17.0 Å². The highest BCUT2D eigenvalue weighted by Crippen LogP contribution is 2.37. The molecule has 4 rings (SSSR count). The van der Waals surface area contributed by atoms with Crippen LogP contribution >= 0.6 is 24.0 Å². The molecule has 0 N–H and O–H groups in total. The number of thioether (sulfide) groups is 1. The van der Waals surface area contributed by atoms with Gasteiger partial charge in [0.25, 0.3) is 11.5 Å². The fourth-order valence-electron chi connectivity index (χ4n) is 4.38. The number of pyridine rings is 1. The Morgan fingerprint density at radius 3 is 2.47 bits per heavy atom. The number of thiocarbonyl (C=S) groups is 1. The van der Waals surface area contributed by atoms with Gasteiger partial charge >= 0.3 is 0 Å². The van der Waals surface area contributed by atoms with Crippen molar-refractivity contribution in [2.75, 3.05) is 25.1 Å². The number of aromatic nitrogens is 1. The van der Waals surface area contributed by atoms with Gasteiger partial charge in [0.2, 0.25) is 0 Å². The monoisotopic (exact) mass is 494 g/mol. The van der Waals surface area contributed by atoms with Crippen LogP contribution in [0, 0.1) is 18.3 Å². The van der Waals surface area contributed by atoms with Gasteiger partial charge < -0.3 is 9.64 Å². The molecule has 0 atom stereocenters. The zero-order valence-electron chi connectivity index (χ0n) is 19.5. The molecule has 2 aliphatic heterocycles. The molecule has 9 heteroatoms. The number of methoxy groups -OCH3 is 1. The number of carbonyl (C=O) groups excluding carboxylic acids is 1. The molecule has 7 nitrogen and oxygen atoms in total. The summed E-state index contributed by atoms with van der Waals surface area (Å²) in [7, 11) is 3.30. The van der Waals surface area contributed by atoms with E-state index in [0.717, 1.165) is 55.0 Å². The van der Waals surface area contributed by atoms with E-state index in [4.69, 9.17) is 17.0 Å². The first-order valence-corrected chi connectivity index (χ1v) is 12.3. The molecule has 0 spiro atoms. The van der Waals surface area contributed by atoms with Crippen molar-refractivity contribution >= 4 is 46.1 Å². The normalized spacial score (nSPS) is 17.4. The molecule has 0 saturated carbocycles. The topological polar surface area (TPSA) is 78.6 Å². The van der Waals surface area contributed by atoms with Gasteiger partial charge in [-0.1, -0.05) is 36.1 Å². The van der Waals surface area contributed by atoms with Gasteiger partial charge in [-0.05, 0) is 55.5 Å². The molecule has 0 bridgehead atoms. The van der Waals surface area contributed by atoms with Crippen LogP contribution in [0.25, 0.3) is 6.08 Å². The van der Waals surface area contributed by atoms with E-state index >= 15 is 0 Å². The van der Waals surface area contributed by atoms with E-state index < -0.39 is 0 Å². The van der Waals surface area contributed by atoms with E-state index in [9.17, 15) is 14.9 Å². The highest BCUT2D eigenvalue weighted by atomic mass is 32.2. The second-order valence-corrected chi connectivity index (χ2v) is 10.1. The van der Waals surface area contributed by atoms with Crippen molar-refractivity contribution in [1.29, 1.82) is 5.26 Å². The Balaban J connectivity index is 1.73. The molecule has 0 unspecified atom stereocenters. The molecule has 2 aromatic rings. The average Bonchev–Trinajstić information content (AvgIpc) is 3.11. The number of piperidine rings is 1. The van der Waals surface area contributed by atoms with Crippen molar-refractivity contribution in [3.63, 3.8) is 0 Å².